The second-order valence-electron chi connectivity index (χ2n) is 5.00. The predicted octanol–water partition coefficient (Wildman–Crippen LogP) is 3.52. The number of benzene rings is 1. The highest BCUT2D eigenvalue weighted by molar-refractivity contribution is 6.30. The molecule has 0 spiro atoms. The molecule has 0 radical (unpaired) electrons. The van der Waals surface area contributed by atoms with Crippen LogP contribution in [0.4, 0.5) is 0 Å². The van der Waals surface area contributed by atoms with Gasteiger partial charge in [-0.25, -0.2) is 0 Å². The number of carbonyl (C=O) groups excluding carboxylic acids is 1. The van der Waals surface area contributed by atoms with E-state index in [-0.39, 0.29) is 5.78 Å². The zero-order valence-electron chi connectivity index (χ0n) is 9.95. The van der Waals surface area contributed by atoms with Crippen LogP contribution in [0.3, 0.4) is 0 Å². The lowest BCUT2D eigenvalue weighted by atomic mass is 9.69. The molecule has 92 valence electrons. The SMILES string of the molecule is C[C@@]1(C(O)c2ccc(Cl)cc2)CCCCC1=O. The quantitative estimate of drug-likeness (QED) is 0.874. The van der Waals surface area contributed by atoms with E-state index < -0.39 is 11.5 Å². The first-order valence-electron chi connectivity index (χ1n) is 6.01. The van der Waals surface area contributed by atoms with Crippen molar-refractivity contribution < 1.29 is 9.90 Å². The highest BCUT2D eigenvalue weighted by atomic mass is 35.5. The minimum absolute atomic E-state index is 0.172. The fraction of sp³-hybridized carbons (Fsp3) is 0.500. The van der Waals surface area contributed by atoms with Crippen molar-refractivity contribution in [3.8, 4) is 0 Å². The van der Waals surface area contributed by atoms with Gasteiger partial charge < -0.3 is 5.11 Å². The van der Waals surface area contributed by atoms with Gasteiger partial charge in [0.05, 0.1) is 11.5 Å². The molecule has 1 unspecified atom stereocenters. The van der Waals surface area contributed by atoms with Crippen molar-refractivity contribution in [1.29, 1.82) is 0 Å². The summed E-state index contributed by atoms with van der Waals surface area (Å²) >= 11 is 5.82. The zero-order valence-corrected chi connectivity index (χ0v) is 10.7. The Labute approximate surface area is 107 Å². The second-order valence-corrected chi connectivity index (χ2v) is 5.44. The predicted molar refractivity (Wildman–Crippen MR) is 68.0 cm³/mol. The lowest BCUT2D eigenvalue weighted by molar-refractivity contribution is -0.138. The number of ketones is 1. The number of aliphatic hydroxyl groups is 1. The molecule has 0 bridgehead atoms. The molecular formula is C14H17ClO2. The highest BCUT2D eigenvalue weighted by Crippen LogP contribution is 2.43. The van der Waals surface area contributed by atoms with Gasteiger partial charge >= 0.3 is 0 Å². The average molecular weight is 253 g/mol. The maximum absolute atomic E-state index is 12.0. The number of carbonyl (C=O) groups is 1. The Balaban J connectivity index is 2.26. The number of aliphatic hydroxyl groups excluding tert-OH is 1. The largest absolute Gasteiger partial charge is 0.387 e. The molecule has 0 aliphatic heterocycles. The third-order valence-corrected chi connectivity index (χ3v) is 4.03. The molecule has 1 aliphatic carbocycles. The molecule has 2 nitrogen and oxygen atoms in total. The molecule has 1 N–H and O–H groups in total. The minimum atomic E-state index is -0.729. The van der Waals surface area contributed by atoms with E-state index in [0.717, 1.165) is 24.8 Å². The van der Waals surface area contributed by atoms with Crippen LogP contribution in [0.5, 0.6) is 0 Å². The summed E-state index contributed by atoms with van der Waals surface area (Å²) in [6.45, 7) is 1.87. The highest BCUT2D eigenvalue weighted by Gasteiger charge is 2.42. The molecule has 1 aliphatic rings. The number of hydrogen-bond donors (Lipinski definition) is 1. The van der Waals surface area contributed by atoms with Gasteiger partial charge in [0.15, 0.2) is 0 Å². The van der Waals surface area contributed by atoms with E-state index in [0.29, 0.717) is 11.4 Å². The summed E-state index contributed by atoms with van der Waals surface area (Å²) in [5.41, 5.74) is 0.138. The minimum Gasteiger partial charge on any atom is -0.387 e. The van der Waals surface area contributed by atoms with E-state index in [2.05, 4.69) is 0 Å². The molecule has 0 saturated heterocycles. The summed E-state index contributed by atoms with van der Waals surface area (Å²) in [7, 11) is 0. The van der Waals surface area contributed by atoms with Gasteiger partial charge in [0.25, 0.3) is 0 Å². The second kappa shape index (κ2) is 4.79. The molecule has 1 fully saturated rings. The first-order chi connectivity index (χ1) is 8.04. The van der Waals surface area contributed by atoms with Crippen LogP contribution in [-0.2, 0) is 4.79 Å². The number of hydrogen-bond acceptors (Lipinski definition) is 2. The van der Waals surface area contributed by atoms with Gasteiger partial charge in [-0.15, -0.1) is 0 Å². The van der Waals surface area contributed by atoms with Crippen molar-refractivity contribution in [3.63, 3.8) is 0 Å². The van der Waals surface area contributed by atoms with Crippen molar-refractivity contribution >= 4 is 17.4 Å². The van der Waals surface area contributed by atoms with Crippen molar-refractivity contribution in [1.82, 2.24) is 0 Å². The molecule has 2 atom stereocenters. The van der Waals surface area contributed by atoms with Gasteiger partial charge in [0.1, 0.15) is 5.78 Å². The molecule has 1 saturated carbocycles. The molecule has 1 aromatic rings. The molecule has 0 amide bonds. The van der Waals surface area contributed by atoms with Gasteiger partial charge in [-0.2, -0.15) is 0 Å². The van der Waals surface area contributed by atoms with Crippen LogP contribution in [0.25, 0.3) is 0 Å². The van der Waals surface area contributed by atoms with Crippen LogP contribution in [0.15, 0.2) is 24.3 Å². The monoisotopic (exact) mass is 252 g/mol. The summed E-state index contributed by atoms with van der Waals surface area (Å²) in [6, 6.07) is 7.08. The Kier molecular flexibility index (Phi) is 3.55. The van der Waals surface area contributed by atoms with E-state index in [1.54, 1.807) is 24.3 Å². The first kappa shape index (κ1) is 12.6. The van der Waals surface area contributed by atoms with Crippen LogP contribution in [0.2, 0.25) is 5.02 Å². The van der Waals surface area contributed by atoms with Crippen molar-refractivity contribution in [2.45, 2.75) is 38.7 Å². The number of Topliss-reactive ketones (excluding diaryl/α,β-unsaturated/α-hetero) is 1. The van der Waals surface area contributed by atoms with Gasteiger partial charge in [-0.05, 0) is 37.5 Å². The van der Waals surface area contributed by atoms with Gasteiger partial charge in [-0.3, -0.25) is 4.79 Å². The summed E-state index contributed by atoms with van der Waals surface area (Å²) < 4.78 is 0. The molecule has 3 heteroatoms. The van der Waals surface area contributed by atoms with E-state index in [4.69, 9.17) is 11.6 Å². The topological polar surface area (TPSA) is 37.3 Å². The average Bonchev–Trinajstić information content (AvgIpc) is 2.33. The van der Waals surface area contributed by atoms with Crippen LogP contribution in [0, 0.1) is 5.41 Å². The molecule has 0 heterocycles. The Hall–Kier alpha value is -0.860. The van der Waals surface area contributed by atoms with E-state index in [9.17, 15) is 9.90 Å². The lowest BCUT2D eigenvalue weighted by Crippen LogP contribution is -2.37. The fourth-order valence-corrected chi connectivity index (χ4v) is 2.63. The Bertz CT molecular complexity index is 413. The van der Waals surface area contributed by atoms with Gasteiger partial charge in [0, 0.05) is 11.4 Å². The number of rotatable bonds is 2. The van der Waals surface area contributed by atoms with E-state index in [1.807, 2.05) is 6.92 Å². The van der Waals surface area contributed by atoms with E-state index >= 15 is 0 Å². The molecule has 0 aromatic heterocycles. The fourth-order valence-electron chi connectivity index (χ4n) is 2.50. The van der Waals surface area contributed by atoms with Gasteiger partial charge in [-0.1, -0.05) is 30.2 Å². The third kappa shape index (κ3) is 2.38. The molecule has 1 aromatic carbocycles. The smallest absolute Gasteiger partial charge is 0.141 e. The van der Waals surface area contributed by atoms with E-state index in [1.165, 1.54) is 0 Å². The first-order valence-corrected chi connectivity index (χ1v) is 6.39. The normalized spacial score (nSPS) is 26.9. The van der Waals surface area contributed by atoms with Crippen LogP contribution >= 0.6 is 11.6 Å². The van der Waals surface area contributed by atoms with Crippen LogP contribution < -0.4 is 0 Å². The maximum atomic E-state index is 12.0. The number of halogens is 1. The molecule has 17 heavy (non-hydrogen) atoms. The third-order valence-electron chi connectivity index (χ3n) is 3.78. The van der Waals surface area contributed by atoms with Crippen molar-refractivity contribution in [3.05, 3.63) is 34.9 Å². The van der Waals surface area contributed by atoms with Crippen molar-refractivity contribution in [2.75, 3.05) is 0 Å². The van der Waals surface area contributed by atoms with Crippen molar-refractivity contribution in [2.24, 2.45) is 5.41 Å². The lowest BCUT2D eigenvalue weighted by Gasteiger charge is -2.36. The van der Waals surface area contributed by atoms with Gasteiger partial charge in [0.2, 0.25) is 0 Å². The summed E-state index contributed by atoms with van der Waals surface area (Å²) in [5.74, 6) is 0.172. The molecule has 2 rings (SSSR count). The zero-order chi connectivity index (χ0) is 12.5. The maximum Gasteiger partial charge on any atom is 0.141 e. The Morgan fingerprint density at radius 1 is 1.29 bits per heavy atom. The molecular weight excluding hydrogens is 236 g/mol. The summed E-state index contributed by atoms with van der Waals surface area (Å²) in [5, 5.41) is 11.0. The Morgan fingerprint density at radius 2 is 1.94 bits per heavy atom. The van der Waals surface area contributed by atoms with Crippen LogP contribution in [0.1, 0.15) is 44.3 Å². The Morgan fingerprint density at radius 3 is 2.53 bits per heavy atom. The standard InChI is InChI=1S/C14H17ClO2/c1-14(9-3-2-4-12(14)16)13(17)10-5-7-11(15)8-6-10/h5-8,13,17H,2-4,9H2,1H3/t13?,14-/m1/s1. The summed E-state index contributed by atoms with van der Waals surface area (Å²) in [6.07, 6.45) is 2.57. The van der Waals surface area contributed by atoms with Crippen LogP contribution in [-0.4, -0.2) is 10.9 Å². The summed E-state index contributed by atoms with van der Waals surface area (Å²) in [4.78, 5) is 12.0.